The first-order chi connectivity index (χ1) is 29.5. The van der Waals surface area contributed by atoms with Gasteiger partial charge in [-0.3, -0.25) is 28.5 Å². The van der Waals surface area contributed by atoms with E-state index in [9.17, 15) is 27.6 Å². The maximum absolute atomic E-state index is 13.2. The topological polar surface area (TPSA) is 233 Å². The van der Waals surface area contributed by atoms with E-state index in [1.54, 1.807) is 25.1 Å². The summed E-state index contributed by atoms with van der Waals surface area (Å²) in [4.78, 5) is 49.9. The summed E-state index contributed by atoms with van der Waals surface area (Å²) in [6.07, 6.45) is -3.37. The SMILES string of the molecule is [2H]C([2H])(CC)c1nn(C([2H])([2H])[2H])c(C(N)=O)c1NC(=O)c1cc(S(=O)(=O)Cl)ccc1OCCC.[2H]C([2H])(CC)c1nn(C([2H])([2H])[2H])c(C(N)=O)c1NC(=O)c1ccccc1OCCC. The first-order valence-corrected chi connectivity index (χ1v) is 18.7. The minimum absolute atomic E-state index is 0.0210. The molecule has 18 heteroatoms. The molecule has 4 amide bonds. The third-order valence-electron chi connectivity index (χ3n) is 6.94. The minimum atomic E-state index is -4.23. The molecule has 2 heterocycles. The lowest BCUT2D eigenvalue weighted by atomic mass is 10.1. The molecule has 0 aliphatic carbocycles. The van der Waals surface area contributed by atoms with Crippen molar-refractivity contribution in [2.75, 3.05) is 23.8 Å². The molecule has 0 radical (unpaired) electrons. The zero-order valence-electron chi connectivity index (χ0n) is 39.8. The predicted molar refractivity (Wildman–Crippen MR) is 205 cm³/mol. The van der Waals surface area contributed by atoms with Gasteiger partial charge in [0.15, 0.2) is 0 Å². The number of primary amides is 2. The second-order valence-electron chi connectivity index (χ2n) is 11.0. The van der Waals surface area contributed by atoms with Crippen LogP contribution < -0.4 is 31.6 Å². The van der Waals surface area contributed by atoms with E-state index in [1.807, 2.05) is 6.92 Å². The van der Waals surface area contributed by atoms with Crippen LogP contribution in [0.5, 0.6) is 11.5 Å². The third kappa shape index (κ3) is 10.8. The fourth-order valence-corrected chi connectivity index (χ4v) is 5.42. The first kappa shape index (κ1) is 30.0. The number of nitrogens with zero attached hydrogens (tertiary/aromatic N) is 4. The molecular weight excluding hydrogens is 740 g/mol. The van der Waals surface area contributed by atoms with E-state index in [2.05, 4.69) is 20.8 Å². The summed E-state index contributed by atoms with van der Waals surface area (Å²) in [6, 6.07) is 9.67. The van der Waals surface area contributed by atoms with E-state index >= 15 is 0 Å². The molecule has 0 aliphatic rings. The van der Waals surface area contributed by atoms with Gasteiger partial charge >= 0.3 is 0 Å². The van der Waals surface area contributed by atoms with Gasteiger partial charge < -0.3 is 31.6 Å². The molecule has 292 valence electrons. The van der Waals surface area contributed by atoms with E-state index in [4.69, 9.17) is 45.3 Å². The number of carbonyl (C=O) groups excluding carboxylic acids is 4. The molecule has 54 heavy (non-hydrogen) atoms. The van der Waals surface area contributed by atoms with Crippen LogP contribution in [-0.2, 0) is 35.7 Å². The van der Waals surface area contributed by atoms with Gasteiger partial charge in [-0.05, 0) is 55.9 Å². The number of anilines is 2. The summed E-state index contributed by atoms with van der Waals surface area (Å²) < 4.78 is 114. The fourth-order valence-electron chi connectivity index (χ4n) is 4.64. The summed E-state index contributed by atoms with van der Waals surface area (Å²) in [6.45, 7) is 1.32. The molecule has 2 aromatic carbocycles. The Hall–Kier alpha value is -5.42. The lowest BCUT2D eigenvalue weighted by molar-refractivity contribution is 0.0981. The van der Waals surface area contributed by atoms with Crippen molar-refractivity contribution >= 4 is 54.7 Å². The van der Waals surface area contributed by atoms with Crippen molar-refractivity contribution in [3.05, 3.63) is 76.4 Å². The van der Waals surface area contributed by atoms with Gasteiger partial charge in [-0.15, -0.1) is 0 Å². The number of carbonyl (C=O) groups is 4. The summed E-state index contributed by atoms with van der Waals surface area (Å²) in [7, 11) is 1.16. The molecule has 0 spiro atoms. The summed E-state index contributed by atoms with van der Waals surface area (Å²) in [5, 5.41) is 12.2. The zero-order valence-corrected chi connectivity index (χ0v) is 31.4. The van der Waals surface area contributed by atoms with Gasteiger partial charge in [0.1, 0.15) is 22.9 Å². The molecule has 4 aromatic rings. The highest BCUT2D eigenvalue weighted by Crippen LogP contribution is 2.29. The summed E-state index contributed by atoms with van der Waals surface area (Å²) >= 11 is 0. The molecule has 0 atom stereocenters. The minimum Gasteiger partial charge on any atom is -0.493 e. The van der Waals surface area contributed by atoms with Crippen LogP contribution >= 0.6 is 10.7 Å². The Morgan fingerprint density at radius 1 is 0.759 bits per heavy atom. The fraction of sp³-hybridized carbons (Fsp3) is 0.389. The average Bonchev–Trinajstić information content (AvgIpc) is 3.80. The van der Waals surface area contributed by atoms with Crippen molar-refractivity contribution in [2.45, 2.75) is 71.0 Å². The van der Waals surface area contributed by atoms with Gasteiger partial charge in [-0.25, -0.2) is 8.42 Å². The number of nitrogens with one attached hydrogen (secondary N) is 2. The van der Waals surface area contributed by atoms with Gasteiger partial charge in [0.25, 0.3) is 32.7 Å². The molecule has 16 nitrogen and oxygen atoms in total. The molecule has 0 saturated carbocycles. The van der Waals surface area contributed by atoms with Gasteiger partial charge in [0.2, 0.25) is 0 Å². The van der Waals surface area contributed by atoms with Crippen LogP contribution in [0.2, 0.25) is 0 Å². The van der Waals surface area contributed by atoms with E-state index < -0.39 is 92.7 Å². The number of hydrogen-bond donors (Lipinski definition) is 4. The molecular formula is C36H47ClN8O8S. The molecule has 4 rings (SSSR count). The second-order valence-corrected chi connectivity index (χ2v) is 13.5. The van der Waals surface area contributed by atoms with E-state index in [0.29, 0.717) is 29.9 Å². The quantitative estimate of drug-likeness (QED) is 0.105. The highest BCUT2D eigenvalue weighted by Gasteiger charge is 2.26. The number of halogens is 1. The van der Waals surface area contributed by atoms with Gasteiger partial charge in [-0.1, -0.05) is 52.7 Å². The lowest BCUT2D eigenvalue weighted by Crippen LogP contribution is -2.21. The Kier molecular flexibility index (Phi) is 10.9. The average molecular weight is 797 g/mol. The van der Waals surface area contributed by atoms with E-state index in [1.165, 1.54) is 26.0 Å². The van der Waals surface area contributed by atoms with Crippen molar-refractivity contribution in [1.29, 1.82) is 0 Å². The maximum atomic E-state index is 13.2. The smallest absolute Gasteiger partial charge is 0.269 e. The van der Waals surface area contributed by atoms with Crippen molar-refractivity contribution < 1.29 is 50.8 Å². The largest absolute Gasteiger partial charge is 0.493 e. The molecule has 0 unspecified atom stereocenters. The van der Waals surface area contributed by atoms with Crippen LogP contribution in [0.15, 0.2) is 47.4 Å². The van der Waals surface area contributed by atoms with Gasteiger partial charge in [-0.2, -0.15) is 10.2 Å². The van der Waals surface area contributed by atoms with Crippen molar-refractivity contribution in [3.8, 4) is 11.5 Å². The highest BCUT2D eigenvalue weighted by molar-refractivity contribution is 8.13. The Balaban J connectivity index is 0.000000343. The lowest BCUT2D eigenvalue weighted by Gasteiger charge is -2.13. The summed E-state index contributed by atoms with van der Waals surface area (Å²) in [5.41, 5.74) is 7.33. The molecule has 0 bridgehead atoms. The first-order valence-electron chi connectivity index (χ1n) is 21.4. The monoisotopic (exact) mass is 796 g/mol. The van der Waals surface area contributed by atoms with Crippen LogP contribution in [0.4, 0.5) is 11.4 Å². The number of aromatic nitrogens is 4. The summed E-state index contributed by atoms with van der Waals surface area (Å²) in [5.74, 6) is -3.93. The predicted octanol–water partition coefficient (Wildman–Crippen LogP) is 4.95. The Morgan fingerprint density at radius 3 is 1.65 bits per heavy atom. The third-order valence-corrected chi connectivity index (χ3v) is 8.29. The Morgan fingerprint density at radius 2 is 1.22 bits per heavy atom. The maximum Gasteiger partial charge on any atom is 0.269 e. The number of amides is 4. The van der Waals surface area contributed by atoms with Crippen LogP contribution in [-0.4, -0.2) is 64.8 Å². The zero-order chi connectivity index (χ0) is 48.7. The highest BCUT2D eigenvalue weighted by atomic mass is 35.7. The van der Waals surface area contributed by atoms with Crippen LogP contribution in [0.3, 0.4) is 0 Å². The molecule has 0 fully saturated rings. The normalized spacial score (nSPS) is 14.7. The molecule has 2 aromatic heterocycles. The molecule has 0 saturated heterocycles. The van der Waals surface area contributed by atoms with Gasteiger partial charge in [0, 0.05) is 38.3 Å². The second kappa shape index (κ2) is 19.6. The number of para-hydroxylation sites is 1. The standard InChI is InChI=1S/C18H23ClN4O5S.C18H24N4O3/c1-4-6-13-15(16(17(20)24)23(3)22-13)21-18(25)12-10-11(29(19,26)27)7-8-14(12)28-9-5-2;1-4-8-13-15(16(17(19)23)22(3)21-13)20-18(24)12-9-6-7-10-14(12)25-11-5-2/h7-8,10H,4-6,9H2,1-3H3,(H2,20,24)(H,21,25);6-7,9-10H,4-5,8,11H2,1-3H3,(H2,19,23)(H,20,24)/i3D3,6D2;3D3,8D2. The van der Waals surface area contributed by atoms with Crippen LogP contribution in [0.25, 0.3) is 0 Å². The molecule has 6 N–H and O–H groups in total. The van der Waals surface area contributed by atoms with Crippen molar-refractivity contribution in [1.82, 2.24) is 19.6 Å². The van der Waals surface area contributed by atoms with E-state index in [0.717, 1.165) is 12.1 Å². The molecule has 0 aliphatic heterocycles. The van der Waals surface area contributed by atoms with Crippen molar-refractivity contribution in [3.63, 3.8) is 0 Å². The van der Waals surface area contributed by atoms with Crippen molar-refractivity contribution in [2.24, 2.45) is 25.4 Å². The number of nitrogens with two attached hydrogens (primary N) is 2. The number of benzene rings is 2. The Labute approximate surface area is 333 Å². The number of hydrogen-bond acceptors (Lipinski definition) is 10. The number of aryl methyl sites for hydroxylation is 4. The number of ether oxygens (including phenoxy) is 2. The van der Waals surface area contributed by atoms with Gasteiger partial charge in [0.05, 0.1) is 52.0 Å². The Bertz CT molecular complexity index is 2490. The van der Waals surface area contributed by atoms with Crippen LogP contribution in [0, 0.1) is 0 Å². The number of rotatable bonds is 17. The van der Waals surface area contributed by atoms with Crippen LogP contribution in [0.1, 0.15) is 120 Å². The van der Waals surface area contributed by atoms with E-state index in [-0.39, 0.29) is 46.7 Å².